The molecule has 1 aliphatic rings. The average Bonchev–Trinajstić information content (AvgIpc) is 3.19. The lowest BCUT2D eigenvalue weighted by atomic mass is 10.1. The van der Waals surface area contributed by atoms with E-state index in [1.807, 2.05) is 0 Å². The number of hydrogen-bond donors (Lipinski definition) is 1. The minimum atomic E-state index is -0.119. The molecule has 0 radical (unpaired) electrons. The first-order valence-electron chi connectivity index (χ1n) is 8.17. The maximum Gasteiger partial charge on any atom is 0.251 e. The van der Waals surface area contributed by atoms with E-state index in [0.717, 1.165) is 25.0 Å². The summed E-state index contributed by atoms with van der Waals surface area (Å²) >= 11 is 0. The van der Waals surface area contributed by atoms with Crippen molar-refractivity contribution in [2.45, 2.75) is 18.9 Å². The molecule has 25 heavy (non-hydrogen) atoms. The van der Waals surface area contributed by atoms with Gasteiger partial charge in [0.25, 0.3) is 5.91 Å². The zero-order valence-electron chi connectivity index (χ0n) is 14.3. The molecule has 1 aromatic heterocycles. The molecule has 0 bridgehead atoms. The van der Waals surface area contributed by atoms with Crippen molar-refractivity contribution in [1.29, 1.82) is 0 Å². The number of carbonyl (C=O) groups excluding carboxylic acids is 1. The first-order valence-corrected chi connectivity index (χ1v) is 8.17. The highest BCUT2D eigenvalue weighted by Gasteiger charge is 2.17. The number of nitrogens with zero attached hydrogens (tertiary/aromatic N) is 2. The third-order valence-electron chi connectivity index (χ3n) is 4.02. The highest BCUT2D eigenvalue weighted by molar-refractivity contribution is 5.94. The number of methoxy groups -OCH3 is 2. The Bertz CT molecular complexity index is 705. The van der Waals surface area contributed by atoms with E-state index in [0.29, 0.717) is 29.7 Å². The van der Waals surface area contributed by atoms with Gasteiger partial charge in [-0.25, -0.2) is 0 Å². The lowest BCUT2D eigenvalue weighted by molar-refractivity contribution is 0.0858. The van der Waals surface area contributed by atoms with Crippen molar-refractivity contribution < 1.29 is 19.0 Å². The summed E-state index contributed by atoms with van der Waals surface area (Å²) in [7, 11) is 3.07. The summed E-state index contributed by atoms with van der Waals surface area (Å²) in [5.41, 5.74) is 1.35. The van der Waals surface area contributed by atoms with Crippen LogP contribution in [-0.4, -0.2) is 49.4 Å². The summed E-state index contributed by atoms with van der Waals surface area (Å²) in [4.78, 5) is 20.8. The predicted molar refractivity (Wildman–Crippen MR) is 91.9 cm³/mol. The van der Waals surface area contributed by atoms with Crippen LogP contribution in [0, 0.1) is 0 Å². The number of carbonyl (C=O) groups is 1. The number of nitrogens with one attached hydrogen (secondary N) is 1. The van der Waals surface area contributed by atoms with Crippen LogP contribution in [0.1, 0.15) is 23.2 Å². The molecule has 2 heterocycles. The fourth-order valence-corrected chi connectivity index (χ4v) is 2.63. The molecule has 3 rings (SSSR count). The van der Waals surface area contributed by atoms with Gasteiger partial charge in [0, 0.05) is 24.3 Å². The number of rotatable bonds is 6. The first-order chi connectivity index (χ1) is 12.2. The SMILES string of the molecule is COc1cc(OC)nc(-c2ccc(C(=O)NC[C@H]3CCCO3)cc2)n1. The zero-order valence-corrected chi connectivity index (χ0v) is 14.3. The van der Waals surface area contributed by atoms with Gasteiger partial charge in [-0.1, -0.05) is 12.1 Å². The third-order valence-corrected chi connectivity index (χ3v) is 4.02. The van der Waals surface area contributed by atoms with Gasteiger partial charge in [0.05, 0.1) is 26.4 Å². The Labute approximate surface area is 146 Å². The predicted octanol–water partition coefficient (Wildman–Crippen LogP) is 2.07. The highest BCUT2D eigenvalue weighted by atomic mass is 16.5. The fourth-order valence-electron chi connectivity index (χ4n) is 2.63. The molecule has 0 unspecified atom stereocenters. The van der Waals surface area contributed by atoms with E-state index in [1.54, 1.807) is 30.3 Å². The van der Waals surface area contributed by atoms with Crippen LogP contribution < -0.4 is 14.8 Å². The molecular formula is C18H21N3O4. The maximum atomic E-state index is 12.2. The topological polar surface area (TPSA) is 82.6 Å². The van der Waals surface area contributed by atoms with Crippen LogP contribution in [0.4, 0.5) is 0 Å². The van der Waals surface area contributed by atoms with Gasteiger partial charge in [-0.3, -0.25) is 4.79 Å². The molecule has 1 N–H and O–H groups in total. The Morgan fingerprint density at radius 3 is 2.44 bits per heavy atom. The van der Waals surface area contributed by atoms with Crippen LogP contribution in [0.15, 0.2) is 30.3 Å². The van der Waals surface area contributed by atoms with E-state index in [9.17, 15) is 4.79 Å². The van der Waals surface area contributed by atoms with Crippen LogP contribution in [0.5, 0.6) is 11.8 Å². The van der Waals surface area contributed by atoms with Crippen molar-refractivity contribution >= 4 is 5.91 Å². The van der Waals surface area contributed by atoms with E-state index >= 15 is 0 Å². The second-order valence-electron chi connectivity index (χ2n) is 5.70. The first kappa shape index (κ1) is 17.2. The van der Waals surface area contributed by atoms with Crippen molar-refractivity contribution in [3.63, 3.8) is 0 Å². The summed E-state index contributed by atoms with van der Waals surface area (Å²) in [5.74, 6) is 1.19. The number of amides is 1. The molecule has 0 aliphatic carbocycles. The summed E-state index contributed by atoms with van der Waals surface area (Å²) in [6, 6.07) is 8.70. The van der Waals surface area contributed by atoms with Crippen LogP contribution in [0.25, 0.3) is 11.4 Å². The van der Waals surface area contributed by atoms with Gasteiger partial charge in [0.2, 0.25) is 11.8 Å². The van der Waals surface area contributed by atoms with Crippen molar-refractivity contribution in [2.24, 2.45) is 0 Å². The van der Waals surface area contributed by atoms with E-state index in [4.69, 9.17) is 14.2 Å². The average molecular weight is 343 g/mol. The van der Waals surface area contributed by atoms with Gasteiger partial charge in [0.1, 0.15) is 0 Å². The maximum absolute atomic E-state index is 12.2. The monoisotopic (exact) mass is 343 g/mol. The van der Waals surface area contributed by atoms with E-state index in [1.165, 1.54) is 14.2 Å². The quantitative estimate of drug-likeness (QED) is 0.865. The molecule has 1 saturated heterocycles. The van der Waals surface area contributed by atoms with Gasteiger partial charge in [0.15, 0.2) is 5.82 Å². The van der Waals surface area contributed by atoms with Crippen molar-refractivity contribution in [3.8, 4) is 23.1 Å². The van der Waals surface area contributed by atoms with Gasteiger partial charge in [-0.05, 0) is 25.0 Å². The molecule has 132 valence electrons. The Morgan fingerprint density at radius 2 is 1.88 bits per heavy atom. The van der Waals surface area contributed by atoms with Gasteiger partial charge in [-0.15, -0.1) is 0 Å². The molecule has 7 heteroatoms. The molecule has 7 nitrogen and oxygen atoms in total. The van der Waals surface area contributed by atoms with Gasteiger partial charge < -0.3 is 19.5 Å². The smallest absolute Gasteiger partial charge is 0.251 e. The Balaban J connectivity index is 1.70. The molecule has 0 spiro atoms. The standard InChI is InChI=1S/C18H21N3O4/c1-23-15-10-16(24-2)21-17(20-15)12-5-7-13(8-6-12)18(22)19-11-14-4-3-9-25-14/h5-8,10,14H,3-4,9,11H2,1-2H3,(H,19,22)/t14-/m1/s1. The summed E-state index contributed by atoms with van der Waals surface area (Å²) in [5, 5.41) is 2.90. The van der Waals surface area contributed by atoms with Crippen LogP contribution in [-0.2, 0) is 4.74 Å². The number of benzene rings is 1. The van der Waals surface area contributed by atoms with E-state index in [-0.39, 0.29) is 12.0 Å². The van der Waals surface area contributed by atoms with Crippen LogP contribution in [0.2, 0.25) is 0 Å². The lowest BCUT2D eigenvalue weighted by Crippen LogP contribution is -2.31. The van der Waals surface area contributed by atoms with Gasteiger partial charge in [-0.2, -0.15) is 9.97 Å². The number of aromatic nitrogens is 2. The van der Waals surface area contributed by atoms with Crippen LogP contribution in [0.3, 0.4) is 0 Å². The van der Waals surface area contributed by atoms with Crippen molar-refractivity contribution in [2.75, 3.05) is 27.4 Å². The summed E-state index contributed by atoms with van der Waals surface area (Å²) < 4.78 is 15.8. The molecule has 1 amide bonds. The van der Waals surface area contributed by atoms with E-state index < -0.39 is 0 Å². The second-order valence-corrected chi connectivity index (χ2v) is 5.70. The van der Waals surface area contributed by atoms with Crippen molar-refractivity contribution in [1.82, 2.24) is 15.3 Å². The zero-order chi connectivity index (χ0) is 17.6. The van der Waals surface area contributed by atoms with Crippen LogP contribution >= 0.6 is 0 Å². The normalized spacial score (nSPS) is 16.5. The largest absolute Gasteiger partial charge is 0.481 e. The molecule has 2 aromatic rings. The second kappa shape index (κ2) is 7.94. The molecule has 1 atom stereocenters. The minimum absolute atomic E-state index is 0.119. The minimum Gasteiger partial charge on any atom is -0.481 e. The van der Waals surface area contributed by atoms with E-state index in [2.05, 4.69) is 15.3 Å². The molecule has 1 fully saturated rings. The Morgan fingerprint density at radius 1 is 1.20 bits per heavy atom. The lowest BCUT2D eigenvalue weighted by Gasteiger charge is -2.11. The molecule has 1 aliphatic heterocycles. The highest BCUT2D eigenvalue weighted by Crippen LogP contribution is 2.22. The van der Waals surface area contributed by atoms with Crippen molar-refractivity contribution in [3.05, 3.63) is 35.9 Å². The number of ether oxygens (including phenoxy) is 3. The summed E-state index contributed by atoms with van der Waals surface area (Å²) in [6.07, 6.45) is 2.17. The molecule has 0 saturated carbocycles. The summed E-state index contributed by atoms with van der Waals surface area (Å²) in [6.45, 7) is 1.32. The third kappa shape index (κ3) is 4.24. The number of hydrogen-bond acceptors (Lipinski definition) is 6. The fraction of sp³-hybridized carbons (Fsp3) is 0.389. The Hall–Kier alpha value is -2.67. The van der Waals surface area contributed by atoms with Gasteiger partial charge >= 0.3 is 0 Å². The molecular weight excluding hydrogens is 322 g/mol. The Kier molecular flexibility index (Phi) is 5.45. The molecule has 1 aromatic carbocycles.